The molecule has 0 fully saturated rings. The fourth-order valence-corrected chi connectivity index (χ4v) is 4.50. The Morgan fingerprint density at radius 1 is 1.04 bits per heavy atom. The normalized spacial score (nSPS) is 11.9. The van der Waals surface area contributed by atoms with Gasteiger partial charge in [0.05, 0.1) is 19.4 Å². The van der Waals surface area contributed by atoms with Gasteiger partial charge in [0.25, 0.3) is 0 Å². The van der Waals surface area contributed by atoms with Crippen LogP contribution in [0.3, 0.4) is 0 Å². The van der Waals surface area contributed by atoms with Gasteiger partial charge in [-0.15, -0.1) is 0 Å². The lowest BCUT2D eigenvalue weighted by atomic mass is 10.2. The first-order valence-corrected chi connectivity index (χ1v) is 10.8. The van der Waals surface area contributed by atoms with Crippen molar-refractivity contribution in [3.63, 3.8) is 0 Å². The fraction of sp³-hybridized carbons (Fsp3) is 0.381. The summed E-state index contributed by atoms with van der Waals surface area (Å²) in [6.45, 7) is 8.78. The van der Waals surface area contributed by atoms with Gasteiger partial charge in [0.1, 0.15) is 4.90 Å². The zero-order valence-corrected chi connectivity index (χ0v) is 17.9. The molecular weight excluding hydrogens is 376 g/mol. The van der Waals surface area contributed by atoms with E-state index in [2.05, 4.69) is 4.99 Å². The molecule has 0 radical (unpaired) electrons. The highest BCUT2D eigenvalue weighted by Gasteiger charge is 2.24. The molecule has 2 rings (SSSR count). The molecule has 0 aliphatic heterocycles. The minimum atomic E-state index is -3.61. The van der Waals surface area contributed by atoms with E-state index in [1.54, 1.807) is 31.5 Å². The van der Waals surface area contributed by atoms with E-state index in [9.17, 15) is 8.42 Å². The molecule has 0 aromatic heterocycles. The van der Waals surface area contributed by atoms with Crippen molar-refractivity contribution >= 4 is 21.9 Å². The van der Waals surface area contributed by atoms with Crippen LogP contribution in [0.1, 0.15) is 31.9 Å². The van der Waals surface area contributed by atoms with E-state index in [0.29, 0.717) is 36.9 Å². The van der Waals surface area contributed by atoms with Gasteiger partial charge in [0, 0.05) is 19.3 Å². The number of methoxy groups -OCH3 is 1. The molecule has 152 valence electrons. The number of aliphatic imine (C=N–C) groups is 1. The van der Waals surface area contributed by atoms with Gasteiger partial charge in [0.2, 0.25) is 10.0 Å². The van der Waals surface area contributed by atoms with Crippen molar-refractivity contribution in [3.8, 4) is 11.5 Å². The van der Waals surface area contributed by atoms with Crippen LogP contribution in [-0.2, 0) is 10.0 Å². The van der Waals surface area contributed by atoms with Crippen molar-refractivity contribution in [2.24, 2.45) is 4.99 Å². The Bertz CT molecular complexity index is 935. The van der Waals surface area contributed by atoms with E-state index in [1.807, 2.05) is 45.9 Å². The summed E-state index contributed by atoms with van der Waals surface area (Å²) >= 11 is 0. The second-order valence-corrected chi connectivity index (χ2v) is 8.07. The Morgan fingerprint density at radius 3 is 2.36 bits per heavy atom. The van der Waals surface area contributed by atoms with Crippen LogP contribution in [0.5, 0.6) is 11.5 Å². The Labute approximate surface area is 167 Å². The smallest absolute Gasteiger partial charge is 0.245 e. The predicted molar refractivity (Wildman–Crippen MR) is 113 cm³/mol. The maximum Gasteiger partial charge on any atom is 0.245 e. The van der Waals surface area contributed by atoms with Crippen molar-refractivity contribution in [1.82, 2.24) is 4.31 Å². The highest BCUT2D eigenvalue weighted by atomic mass is 32.2. The number of rotatable bonds is 9. The highest BCUT2D eigenvalue weighted by Crippen LogP contribution is 2.30. The van der Waals surface area contributed by atoms with Gasteiger partial charge in [-0.05, 0) is 55.3 Å². The molecule has 0 N–H and O–H groups in total. The first-order chi connectivity index (χ1) is 13.4. The summed E-state index contributed by atoms with van der Waals surface area (Å²) in [4.78, 5) is 4.67. The molecule has 0 aliphatic carbocycles. The molecule has 0 bridgehead atoms. The van der Waals surface area contributed by atoms with Crippen molar-refractivity contribution < 1.29 is 17.9 Å². The zero-order valence-electron chi connectivity index (χ0n) is 17.1. The molecule has 0 atom stereocenters. The lowest BCUT2D eigenvalue weighted by Crippen LogP contribution is -2.30. The van der Waals surface area contributed by atoms with Crippen molar-refractivity contribution in [3.05, 3.63) is 47.5 Å². The number of sulfonamides is 1. The summed E-state index contributed by atoms with van der Waals surface area (Å²) in [7, 11) is -2.03. The van der Waals surface area contributed by atoms with E-state index in [0.717, 1.165) is 11.1 Å². The zero-order chi connectivity index (χ0) is 20.7. The van der Waals surface area contributed by atoms with E-state index < -0.39 is 10.0 Å². The molecule has 6 nitrogen and oxygen atoms in total. The number of hydrogen-bond acceptors (Lipinski definition) is 5. The molecule has 0 aliphatic rings. The van der Waals surface area contributed by atoms with Crippen molar-refractivity contribution in [1.29, 1.82) is 0 Å². The first kappa shape index (κ1) is 21.9. The quantitative estimate of drug-likeness (QED) is 0.588. The van der Waals surface area contributed by atoms with Crippen LogP contribution in [0.2, 0.25) is 0 Å². The summed E-state index contributed by atoms with van der Waals surface area (Å²) in [5, 5.41) is 0. The maximum atomic E-state index is 13.0. The largest absolute Gasteiger partial charge is 0.493 e. The predicted octanol–water partition coefficient (Wildman–Crippen LogP) is 4.18. The van der Waals surface area contributed by atoms with E-state index >= 15 is 0 Å². The minimum absolute atomic E-state index is 0.213. The van der Waals surface area contributed by atoms with Crippen LogP contribution in [0.4, 0.5) is 5.69 Å². The summed E-state index contributed by atoms with van der Waals surface area (Å²) in [6, 6.07) is 10.7. The molecule has 0 unspecified atom stereocenters. The van der Waals surface area contributed by atoms with E-state index in [1.165, 1.54) is 4.31 Å². The number of hydrogen-bond donors (Lipinski definition) is 0. The standard InChI is InChI=1S/C21H28N2O4S/c1-6-23(7-2)28(24,25)21-13-16(4)9-11-18(21)22-15-17-10-12-19(27-8-3)20(14-17)26-5/h9-15H,6-8H2,1-5H3. The minimum Gasteiger partial charge on any atom is -0.493 e. The van der Waals surface area contributed by atoms with E-state index in [4.69, 9.17) is 9.47 Å². The van der Waals surface area contributed by atoms with Gasteiger partial charge < -0.3 is 9.47 Å². The Hall–Kier alpha value is -2.38. The van der Waals surface area contributed by atoms with Gasteiger partial charge in [-0.2, -0.15) is 4.31 Å². The summed E-state index contributed by atoms with van der Waals surface area (Å²) in [5.74, 6) is 1.26. The monoisotopic (exact) mass is 404 g/mol. The highest BCUT2D eigenvalue weighted by molar-refractivity contribution is 7.89. The van der Waals surface area contributed by atoms with Crippen molar-refractivity contribution in [2.75, 3.05) is 26.8 Å². The average molecular weight is 405 g/mol. The molecule has 0 amide bonds. The van der Waals surface area contributed by atoms with Crippen molar-refractivity contribution in [2.45, 2.75) is 32.6 Å². The molecule has 0 heterocycles. The average Bonchev–Trinajstić information content (AvgIpc) is 2.68. The summed E-state index contributed by atoms with van der Waals surface area (Å²) in [6.07, 6.45) is 1.63. The molecule has 0 saturated heterocycles. The SMILES string of the molecule is CCOc1ccc(C=Nc2ccc(C)cc2S(=O)(=O)N(CC)CC)cc1OC. The fourth-order valence-electron chi connectivity index (χ4n) is 2.82. The number of nitrogens with zero attached hydrogens (tertiary/aromatic N) is 2. The maximum absolute atomic E-state index is 13.0. The van der Waals surface area contributed by atoms with Crippen LogP contribution in [0, 0.1) is 6.92 Å². The van der Waals surface area contributed by atoms with Crippen LogP contribution in [0.25, 0.3) is 0 Å². The molecule has 2 aromatic rings. The Morgan fingerprint density at radius 2 is 1.75 bits per heavy atom. The number of benzene rings is 2. The van der Waals surface area contributed by atoms with Gasteiger partial charge in [-0.25, -0.2) is 8.42 Å². The number of aryl methyl sites for hydroxylation is 1. The van der Waals surface area contributed by atoms with Crippen LogP contribution >= 0.6 is 0 Å². The lowest BCUT2D eigenvalue weighted by molar-refractivity contribution is 0.311. The third-order valence-electron chi connectivity index (χ3n) is 4.28. The Balaban J connectivity index is 2.45. The third kappa shape index (κ3) is 4.91. The number of ether oxygens (including phenoxy) is 2. The summed E-state index contributed by atoms with van der Waals surface area (Å²) < 4.78 is 38.3. The topological polar surface area (TPSA) is 68.2 Å². The van der Waals surface area contributed by atoms with Gasteiger partial charge in [0.15, 0.2) is 11.5 Å². The summed E-state index contributed by atoms with van der Waals surface area (Å²) in [5.41, 5.74) is 2.06. The van der Waals surface area contributed by atoms with Gasteiger partial charge >= 0.3 is 0 Å². The molecule has 7 heteroatoms. The lowest BCUT2D eigenvalue weighted by Gasteiger charge is -2.19. The van der Waals surface area contributed by atoms with Gasteiger partial charge in [-0.1, -0.05) is 19.9 Å². The van der Waals surface area contributed by atoms with E-state index in [-0.39, 0.29) is 4.90 Å². The Kier molecular flexibility index (Phi) is 7.60. The van der Waals surface area contributed by atoms with Crippen LogP contribution in [0.15, 0.2) is 46.3 Å². The van der Waals surface area contributed by atoms with Gasteiger partial charge in [-0.3, -0.25) is 4.99 Å². The molecule has 0 saturated carbocycles. The van der Waals surface area contributed by atoms with Crippen LogP contribution in [-0.4, -0.2) is 45.7 Å². The molecule has 28 heavy (non-hydrogen) atoms. The molecular formula is C21H28N2O4S. The first-order valence-electron chi connectivity index (χ1n) is 9.33. The molecule has 2 aromatic carbocycles. The van der Waals surface area contributed by atoms with Crippen LogP contribution < -0.4 is 9.47 Å². The molecule has 0 spiro atoms. The second kappa shape index (κ2) is 9.71. The second-order valence-electron chi connectivity index (χ2n) is 6.16. The third-order valence-corrected chi connectivity index (χ3v) is 6.36.